The highest BCUT2D eigenvalue weighted by molar-refractivity contribution is 9.10. The van der Waals surface area contributed by atoms with Crippen LogP contribution in [-0.4, -0.2) is 23.3 Å². The Morgan fingerprint density at radius 3 is 2.70 bits per heavy atom. The molecule has 0 aliphatic heterocycles. The van der Waals surface area contributed by atoms with Crippen LogP contribution in [0, 0.1) is 5.82 Å². The maximum Gasteiger partial charge on any atom is 0.262 e. The summed E-state index contributed by atoms with van der Waals surface area (Å²) in [5, 5.41) is 16.4. The molecule has 0 radical (unpaired) electrons. The van der Waals surface area contributed by atoms with E-state index in [9.17, 15) is 14.3 Å². The van der Waals surface area contributed by atoms with E-state index in [-0.39, 0.29) is 17.5 Å². The lowest BCUT2D eigenvalue weighted by atomic mass is 10.2. The van der Waals surface area contributed by atoms with Crippen LogP contribution in [0.4, 0.5) is 10.1 Å². The minimum absolute atomic E-state index is 0.0590. The summed E-state index contributed by atoms with van der Waals surface area (Å²) in [6.07, 6.45) is 1.35. The molecule has 0 saturated heterocycles. The Morgan fingerprint density at radius 2 is 2.00 bits per heavy atom. The van der Waals surface area contributed by atoms with Crippen molar-refractivity contribution in [2.45, 2.75) is 13.0 Å². The third kappa shape index (κ3) is 5.07. The molecule has 2 aromatic carbocycles. The van der Waals surface area contributed by atoms with Crippen LogP contribution in [-0.2, 0) is 4.79 Å². The van der Waals surface area contributed by atoms with Crippen molar-refractivity contribution in [2.75, 3.05) is 5.32 Å². The minimum atomic E-state index is -0.561. The van der Waals surface area contributed by atoms with E-state index in [1.807, 2.05) is 0 Å². The first-order valence-corrected chi connectivity index (χ1v) is 7.58. The quantitative estimate of drug-likeness (QED) is 0.551. The zero-order chi connectivity index (χ0) is 16.8. The molecule has 5 nitrogen and oxygen atoms in total. The fourth-order valence-corrected chi connectivity index (χ4v) is 2.13. The van der Waals surface area contributed by atoms with Crippen molar-refractivity contribution < 1.29 is 14.3 Å². The van der Waals surface area contributed by atoms with Gasteiger partial charge in [0.05, 0.1) is 6.21 Å². The monoisotopic (exact) mass is 379 g/mol. The van der Waals surface area contributed by atoms with Gasteiger partial charge in [-0.05, 0) is 49.4 Å². The number of carbonyl (C=O) groups excluding carboxylic acids is 1. The first-order valence-electron chi connectivity index (χ1n) is 6.79. The Balaban J connectivity index is 1.92. The second-order valence-electron chi connectivity index (χ2n) is 4.81. The van der Waals surface area contributed by atoms with Gasteiger partial charge in [0.2, 0.25) is 0 Å². The van der Waals surface area contributed by atoms with E-state index in [4.69, 9.17) is 0 Å². The Bertz CT molecular complexity index is 720. The molecule has 120 valence electrons. The van der Waals surface area contributed by atoms with E-state index in [0.717, 1.165) is 4.47 Å². The summed E-state index contributed by atoms with van der Waals surface area (Å²) in [5.41, 5.74) is 3.48. The van der Waals surface area contributed by atoms with Crippen molar-refractivity contribution in [1.29, 1.82) is 0 Å². The molecule has 7 heteroatoms. The van der Waals surface area contributed by atoms with Crippen molar-refractivity contribution in [3.8, 4) is 5.75 Å². The molecule has 0 aliphatic rings. The van der Waals surface area contributed by atoms with Gasteiger partial charge in [-0.25, -0.2) is 9.82 Å². The van der Waals surface area contributed by atoms with Crippen LogP contribution >= 0.6 is 15.9 Å². The minimum Gasteiger partial charge on any atom is -0.507 e. The number of rotatable bonds is 5. The van der Waals surface area contributed by atoms with Crippen LogP contribution in [0.5, 0.6) is 5.75 Å². The van der Waals surface area contributed by atoms with Gasteiger partial charge in [-0.3, -0.25) is 4.79 Å². The summed E-state index contributed by atoms with van der Waals surface area (Å²) >= 11 is 3.29. The zero-order valence-electron chi connectivity index (χ0n) is 12.3. The number of hydrogen-bond donors (Lipinski definition) is 3. The molecule has 1 atom stereocenters. The van der Waals surface area contributed by atoms with E-state index in [0.29, 0.717) is 11.3 Å². The van der Waals surface area contributed by atoms with E-state index in [1.165, 1.54) is 24.4 Å². The first kappa shape index (κ1) is 17.0. The number of aromatic hydroxyl groups is 1. The van der Waals surface area contributed by atoms with Crippen LogP contribution < -0.4 is 10.7 Å². The molecule has 1 unspecified atom stereocenters. The molecular formula is C16H15BrFN3O2. The van der Waals surface area contributed by atoms with E-state index < -0.39 is 6.04 Å². The highest BCUT2D eigenvalue weighted by atomic mass is 79.9. The number of phenols is 1. The number of phenolic OH excluding ortho intramolecular Hbond substituents is 1. The van der Waals surface area contributed by atoms with Gasteiger partial charge in [-0.2, -0.15) is 5.10 Å². The molecule has 0 bridgehead atoms. The third-order valence-corrected chi connectivity index (χ3v) is 3.48. The maximum absolute atomic E-state index is 12.8. The van der Waals surface area contributed by atoms with Crippen molar-refractivity contribution >= 4 is 33.7 Å². The molecule has 3 N–H and O–H groups in total. The lowest BCUT2D eigenvalue weighted by molar-refractivity contribution is -0.121. The standard InChI is InChI=1S/C16H15BrFN3O2/c1-10(20-14-5-3-13(18)4-6-14)16(23)21-19-9-11-8-12(17)2-7-15(11)22/h2-10,20,22H,1H3,(H,21,23). The van der Waals surface area contributed by atoms with Gasteiger partial charge in [-0.1, -0.05) is 15.9 Å². The van der Waals surface area contributed by atoms with Gasteiger partial charge in [-0.15, -0.1) is 0 Å². The summed E-state index contributed by atoms with van der Waals surface area (Å²) in [4.78, 5) is 11.9. The lowest BCUT2D eigenvalue weighted by Crippen LogP contribution is -2.34. The smallest absolute Gasteiger partial charge is 0.262 e. The number of nitrogens with zero attached hydrogens (tertiary/aromatic N) is 1. The number of carbonyl (C=O) groups is 1. The van der Waals surface area contributed by atoms with E-state index in [2.05, 4.69) is 31.8 Å². The van der Waals surface area contributed by atoms with Gasteiger partial charge in [0, 0.05) is 15.7 Å². The normalized spacial score (nSPS) is 12.1. The number of hydrogen-bond acceptors (Lipinski definition) is 4. The number of hydrazone groups is 1. The molecule has 0 spiro atoms. The largest absolute Gasteiger partial charge is 0.507 e. The van der Waals surface area contributed by atoms with E-state index >= 15 is 0 Å². The Morgan fingerprint density at radius 1 is 1.30 bits per heavy atom. The molecule has 0 aliphatic carbocycles. The van der Waals surface area contributed by atoms with Crippen LogP contribution in [0.3, 0.4) is 0 Å². The molecule has 2 rings (SSSR count). The zero-order valence-corrected chi connectivity index (χ0v) is 13.8. The summed E-state index contributed by atoms with van der Waals surface area (Å²) in [7, 11) is 0. The van der Waals surface area contributed by atoms with Gasteiger partial charge in [0.15, 0.2) is 0 Å². The molecule has 23 heavy (non-hydrogen) atoms. The van der Waals surface area contributed by atoms with Crippen molar-refractivity contribution in [3.05, 3.63) is 58.3 Å². The lowest BCUT2D eigenvalue weighted by Gasteiger charge is -2.13. The molecule has 2 aromatic rings. The predicted molar refractivity (Wildman–Crippen MR) is 91.0 cm³/mol. The number of anilines is 1. The molecule has 0 fully saturated rings. The highest BCUT2D eigenvalue weighted by Crippen LogP contribution is 2.19. The number of amides is 1. The second kappa shape index (κ2) is 7.73. The van der Waals surface area contributed by atoms with Gasteiger partial charge >= 0.3 is 0 Å². The van der Waals surface area contributed by atoms with Crippen LogP contribution in [0.1, 0.15) is 12.5 Å². The summed E-state index contributed by atoms with van der Waals surface area (Å²) in [6, 6.07) is 10.0. The van der Waals surface area contributed by atoms with Gasteiger partial charge in [0.25, 0.3) is 5.91 Å². The second-order valence-corrected chi connectivity index (χ2v) is 5.73. The molecule has 0 saturated carbocycles. The number of nitrogens with one attached hydrogen (secondary N) is 2. The molecular weight excluding hydrogens is 365 g/mol. The number of halogens is 2. The highest BCUT2D eigenvalue weighted by Gasteiger charge is 2.11. The predicted octanol–water partition coefficient (Wildman–Crippen LogP) is 3.24. The Labute approximate surface area is 141 Å². The van der Waals surface area contributed by atoms with Gasteiger partial charge < -0.3 is 10.4 Å². The molecule has 0 aromatic heterocycles. The van der Waals surface area contributed by atoms with E-state index in [1.54, 1.807) is 31.2 Å². The SMILES string of the molecule is CC(Nc1ccc(F)cc1)C(=O)NN=Cc1cc(Br)ccc1O. The topological polar surface area (TPSA) is 73.7 Å². The Hall–Kier alpha value is -2.41. The fourth-order valence-electron chi connectivity index (χ4n) is 1.75. The van der Waals surface area contributed by atoms with Crippen molar-refractivity contribution in [3.63, 3.8) is 0 Å². The van der Waals surface area contributed by atoms with Crippen molar-refractivity contribution in [2.24, 2.45) is 5.10 Å². The van der Waals surface area contributed by atoms with Crippen LogP contribution in [0.2, 0.25) is 0 Å². The maximum atomic E-state index is 12.8. The molecule has 1 amide bonds. The third-order valence-electron chi connectivity index (χ3n) is 2.99. The fraction of sp³-hybridized carbons (Fsp3) is 0.125. The average molecular weight is 380 g/mol. The summed E-state index contributed by atoms with van der Waals surface area (Å²) in [5.74, 6) is -0.644. The van der Waals surface area contributed by atoms with Crippen molar-refractivity contribution in [1.82, 2.24) is 5.43 Å². The molecule has 0 heterocycles. The van der Waals surface area contributed by atoms with Crippen LogP contribution in [0.15, 0.2) is 52.0 Å². The summed E-state index contributed by atoms with van der Waals surface area (Å²) < 4.78 is 13.6. The van der Waals surface area contributed by atoms with Gasteiger partial charge in [0.1, 0.15) is 17.6 Å². The van der Waals surface area contributed by atoms with Crippen LogP contribution in [0.25, 0.3) is 0 Å². The number of benzene rings is 2. The summed E-state index contributed by atoms with van der Waals surface area (Å²) in [6.45, 7) is 1.66. The Kier molecular flexibility index (Phi) is 5.70. The first-order chi connectivity index (χ1) is 11.0. The average Bonchev–Trinajstić information content (AvgIpc) is 2.52.